The molecule has 1 saturated carbocycles. The number of hydrogen-bond donors (Lipinski definition) is 4. The van der Waals surface area contributed by atoms with E-state index in [0.717, 1.165) is 42.5 Å². The lowest BCUT2D eigenvalue weighted by Crippen LogP contribution is -2.47. The summed E-state index contributed by atoms with van der Waals surface area (Å²) in [5.41, 5.74) is 10.1. The molecule has 1 saturated heterocycles. The van der Waals surface area contributed by atoms with Crippen molar-refractivity contribution in [2.45, 2.75) is 82.5 Å². The fourth-order valence-electron chi connectivity index (χ4n) is 6.02. The smallest absolute Gasteiger partial charge is 0.164 e. The van der Waals surface area contributed by atoms with E-state index in [9.17, 15) is 10.2 Å². The van der Waals surface area contributed by atoms with Gasteiger partial charge in [0.05, 0.1) is 16.4 Å². The zero-order chi connectivity index (χ0) is 27.5. The average Bonchev–Trinajstić information content (AvgIpc) is 3.54. The summed E-state index contributed by atoms with van der Waals surface area (Å²) < 4.78 is 7.89. The Hall–Kier alpha value is -3.05. The molecule has 0 amide bonds. The molecule has 1 aromatic carbocycles. The summed E-state index contributed by atoms with van der Waals surface area (Å²) in [6.45, 7) is 7.22. The van der Waals surface area contributed by atoms with E-state index < -0.39 is 24.5 Å². The van der Waals surface area contributed by atoms with Crippen LogP contribution in [0.3, 0.4) is 0 Å². The van der Waals surface area contributed by atoms with E-state index in [1.807, 2.05) is 0 Å². The van der Waals surface area contributed by atoms with Crippen molar-refractivity contribution in [2.75, 3.05) is 19.3 Å². The number of anilines is 1. The van der Waals surface area contributed by atoms with Gasteiger partial charge in [-0.3, -0.25) is 0 Å². The van der Waals surface area contributed by atoms with Gasteiger partial charge in [0.25, 0.3) is 0 Å². The predicted octanol–water partition coefficient (Wildman–Crippen LogP) is 3.15. The molecule has 10 heteroatoms. The van der Waals surface area contributed by atoms with Crippen LogP contribution in [0.2, 0.25) is 0 Å². The Morgan fingerprint density at radius 2 is 1.95 bits per heavy atom. The molecule has 0 spiro atoms. The Morgan fingerprint density at radius 1 is 1.15 bits per heavy atom. The maximum absolute atomic E-state index is 10.8. The first kappa shape index (κ1) is 26.2. The number of nitrogens with two attached hydrogens (primary N) is 1. The SMILES string of the molecule is CN(C[C@H]1O[C@@H](n2ccc3c(N)ncnc32)[C@H](O)[C@@H]1O)[C@H]1C[C@@H](CCc2nc3cc(C(C)(C)C)ccc3[nH]2)C1. The standard InChI is InChI=1S/C29H39N7O3/c1-29(2,3)17-6-7-20-21(13-17)34-23(33-20)8-5-16-11-18(12-16)35(4)14-22-24(37)25(38)28(39-22)36-10-9-19-26(30)31-15-32-27(19)36/h6-7,9-10,13,15-16,18,22,24-25,28,37-38H,5,8,11-12,14H2,1-4H3,(H,33,34)(H2,30,31,32)/t16-,18+,22-,24-,25-,28-/m1/s1. The summed E-state index contributed by atoms with van der Waals surface area (Å²) in [6.07, 6.45) is 4.14. The summed E-state index contributed by atoms with van der Waals surface area (Å²) in [7, 11) is 2.07. The van der Waals surface area contributed by atoms with Gasteiger partial charge < -0.3 is 35.1 Å². The number of nitrogens with zero attached hydrogens (tertiary/aromatic N) is 5. The molecule has 0 radical (unpaired) electrons. The predicted molar refractivity (Wildman–Crippen MR) is 150 cm³/mol. The van der Waals surface area contributed by atoms with Gasteiger partial charge in [0, 0.05) is 25.2 Å². The van der Waals surface area contributed by atoms with Gasteiger partial charge >= 0.3 is 0 Å². The number of imidazole rings is 1. The zero-order valence-electron chi connectivity index (χ0n) is 23.1. The van der Waals surface area contributed by atoms with Gasteiger partial charge in [0.1, 0.15) is 41.9 Å². The highest BCUT2D eigenvalue weighted by Gasteiger charge is 2.45. The van der Waals surface area contributed by atoms with E-state index in [0.29, 0.717) is 35.4 Å². The maximum atomic E-state index is 10.8. The minimum atomic E-state index is -1.06. The third kappa shape index (κ3) is 4.91. The lowest BCUT2D eigenvalue weighted by Gasteiger charge is -2.42. The lowest BCUT2D eigenvalue weighted by molar-refractivity contribution is -0.0512. The maximum Gasteiger partial charge on any atom is 0.164 e. The second kappa shape index (κ2) is 9.85. The third-order valence-corrected chi connectivity index (χ3v) is 8.64. The van der Waals surface area contributed by atoms with E-state index in [4.69, 9.17) is 15.5 Å². The molecule has 3 aromatic heterocycles. The van der Waals surface area contributed by atoms with Crippen LogP contribution in [0.15, 0.2) is 36.8 Å². The normalized spacial score (nSPS) is 27.6. The Kier molecular flexibility index (Phi) is 6.61. The number of fused-ring (bicyclic) bond motifs is 2. The number of nitrogens with one attached hydrogen (secondary N) is 1. The third-order valence-electron chi connectivity index (χ3n) is 8.64. The summed E-state index contributed by atoms with van der Waals surface area (Å²) in [5.74, 6) is 2.08. The number of aromatic amines is 1. The molecule has 39 heavy (non-hydrogen) atoms. The number of aliphatic hydroxyl groups is 2. The number of aliphatic hydroxyl groups excluding tert-OH is 2. The largest absolute Gasteiger partial charge is 0.387 e. The van der Waals surface area contributed by atoms with Crippen molar-refractivity contribution in [1.82, 2.24) is 29.4 Å². The molecule has 2 fully saturated rings. The number of hydrogen-bond acceptors (Lipinski definition) is 8. The van der Waals surface area contributed by atoms with Crippen molar-refractivity contribution < 1.29 is 14.9 Å². The Labute approximate surface area is 228 Å². The Morgan fingerprint density at radius 3 is 2.72 bits per heavy atom. The summed E-state index contributed by atoms with van der Waals surface area (Å²) in [4.78, 5) is 18.9. The highest BCUT2D eigenvalue weighted by Crippen LogP contribution is 2.37. The van der Waals surface area contributed by atoms with E-state index in [2.05, 4.69) is 65.9 Å². The minimum Gasteiger partial charge on any atom is -0.387 e. The van der Waals surface area contributed by atoms with Gasteiger partial charge in [-0.05, 0) is 61.4 Å². The van der Waals surface area contributed by atoms with E-state index >= 15 is 0 Å². The van der Waals surface area contributed by atoms with Gasteiger partial charge in [0.15, 0.2) is 6.23 Å². The van der Waals surface area contributed by atoms with Crippen LogP contribution in [0.1, 0.15) is 57.6 Å². The van der Waals surface area contributed by atoms with E-state index in [1.165, 1.54) is 11.9 Å². The highest BCUT2D eigenvalue weighted by atomic mass is 16.6. The summed E-state index contributed by atoms with van der Waals surface area (Å²) >= 11 is 0. The lowest BCUT2D eigenvalue weighted by atomic mass is 9.76. The van der Waals surface area contributed by atoms with Gasteiger partial charge in [-0.15, -0.1) is 0 Å². The first-order valence-corrected chi connectivity index (χ1v) is 13.9. The molecule has 0 bridgehead atoms. The minimum absolute atomic E-state index is 0.110. The number of likely N-dealkylation sites (N-methyl/N-ethyl adjacent to an activating group) is 1. The van der Waals surface area contributed by atoms with E-state index in [1.54, 1.807) is 16.8 Å². The first-order valence-electron chi connectivity index (χ1n) is 13.9. The van der Waals surface area contributed by atoms with Gasteiger partial charge in [-0.2, -0.15) is 0 Å². The topological polar surface area (TPSA) is 138 Å². The van der Waals surface area contributed by atoms with Crippen LogP contribution in [0.5, 0.6) is 0 Å². The molecule has 2 aliphatic rings. The second-order valence-corrected chi connectivity index (χ2v) is 12.4. The van der Waals surface area contributed by atoms with Crippen molar-refractivity contribution in [3.8, 4) is 0 Å². The van der Waals surface area contributed by atoms with Gasteiger partial charge in [0.2, 0.25) is 0 Å². The molecule has 4 atom stereocenters. The average molecular weight is 534 g/mol. The molecular formula is C29H39N7O3. The van der Waals surface area contributed by atoms with E-state index in [-0.39, 0.29) is 5.41 Å². The molecule has 5 N–H and O–H groups in total. The molecule has 4 heterocycles. The zero-order valence-corrected chi connectivity index (χ0v) is 23.1. The van der Waals surface area contributed by atoms with Crippen molar-refractivity contribution >= 4 is 27.9 Å². The van der Waals surface area contributed by atoms with Crippen LogP contribution in [0.4, 0.5) is 5.82 Å². The van der Waals surface area contributed by atoms with Crippen LogP contribution < -0.4 is 5.73 Å². The quantitative estimate of drug-likeness (QED) is 0.284. The number of ether oxygens (including phenoxy) is 1. The number of aromatic nitrogens is 5. The molecular weight excluding hydrogens is 494 g/mol. The van der Waals surface area contributed by atoms with Crippen LogP contribution in [-0.4, -0.2) is 77.6 Å². The van der Waals surface area contributed by atoms with Crippen LogP contribution in [0.25, 0.3) is 22.1 Å². The van der Waals surface area contributed by atoms with Gasteiger partial charge in [-0.25, -0.2) is 15.0 Å². The molecule has 4 aromatic rings. The van der Waals surface area contributed by atoms with Crippen LogP contribution in [-0.2, 0) is 16.6 Å². The molecule has 208 valence electrons. The second-order valence-electron chi connectivity index (χ2n) is 12.4. The fraction of sp³-hybridized carbons (Fsp3) is 0.552. The Bertz CT molecular complexity index is 1470. The van der Waals surface area contributed by atoms with Crippen molar-refractivity contribution in [2.24, 2.45) is 5.92 Å². The molecule has 0 unspecified atom stereocenters. The molecule has 1 aliphatic carbocycles. The fourth-order valence-corrected chi connectivity index (χ4v) is 6.02. The number of aryl methyl sites for hydroxylation is 1. The molecule has 10 nitrogen and oxygen atoms in total. The number of benzene rings is 1. The molecule has 1 aliphatic heterocycles. The first-order chi connectivity index (χ1) is 18.6. The number of nitrogen functional groups attached to an aromatic ring is 1. The summed E-state index contributed by atoms with van der Waals surface area (Å²) in [5, 5.41) is 22.3. The Balaban J connectivity index is 1.01. The van der Waals surface area contributed by atoms with Crippen LogP contribution in [0, 0.1) is 5.92 Å². The van der Waals surface area contributed by atoms with Gasteiger partial charge in [-0.1, -0.05) is 26.8 Å². The monoisotopic (exact) mass is 533 g/mol. The van der Waals surface area contributed by atoms with Crippen molar-refractivity contribution in [3.05, 3.63) is 48.2 Å². The highest BCUT2D eigenvalue weighted by molar-refractivity contribution is 5.86. The molecule has 6 rings (SSSR count). The number of H-pyrrole nitrogens is 1. The van der Waals surface area contributed by atoms with Crippen LogP contribution >= 0.6 is 0 Å². The van der Waals surface area contributed by atoms with Crippen molar-refractivity contribution in [1.29, 1.82) is 0 Å². The summed E-state index contributed by atoms with van der Waals surface area (Å²) in [6, 6.07) is 8.77. The number of rotatable bonds is 7. The van der Waals surface area contributed by atoms with Crippen molar-refractivity contribution in [3.63, 3.8) is 0 Å².